The first kappa shape index (κ1) is 27.9. The predicted molar refractivity (Wildman–Crippen MR) is 141 cm³/mol. The van der Waals surface area contributed by atoms with Crippen LogP contribution in [0.3, 0.4) is 0 Å². The van der Waals surface area contributed by atoms with Gasteiger partial charge in [-0.2, -0.15) is 4.31 Å². The maximum atomic E-state index is 13.1. The molecule has 0 saturated heterocycles. The van der Waals surface area contributed by atoms with Crippen LogP contribution in [-0.2, 0) is 32.5 Å². The molecule has 0 radical (unpaired) electrons. The summed E-state index contributed by atoms with van der Waals surface area (Å²) >= 11 is 0. The zero-order valence-electron chi connectivity index (χ0n) is 21.0. The lowest BCUT2D eigenvalue weighted by atomic mass is 10.1. The van der Waals surface area contributed by atoms with E-state index in [0.29, 0.717) is 19.5 Å². The van der Waals surface area contributed by atoms with Gasteiger partial charge in [-0.3, -0.25) is 4.79 Å². The van der Waals surface area contributed by atoms with E-state index in [0.717, 1.165) is 23.3 Å². The molecule has 37 heavy (non-hydrogen) atoms. The van der Waals surface area contributed by atoms with Crippen LogP contribution in [-0.4, -0.2) is 60.8 Å². The average molecular weight is 525 g/mol. The normalized spacial score (nSPS) is 11.3. The van der Waals surface area contributed by atoms with Crippen molar-refractivity contribution in [3.05, 3.63) is 95.6 Å². The zero-order chi connectivity index (χ0) is 26.8. The first-order valence-corrected chi connectivity index (χ1v) is 13.6. The van der Waals surface area contributed by atoms with Crippen LogP contribution in [0.5, 0.6) is 5.75 Å². The fraction of sp³-hybridized carbons (Fsp3) is 0.286. The third kappa shape index (κ3) is 7.41. The zero-order valence-corrected chi connectivity index (χ0v) is 21.9. The van der Waals surface area contributed by atoms with Crippen molar-refractivity contribution in [2.24, 2.45) is 0 Å². The van der Waals surface area contributed by atoms with Gasteiger partial charge in [0.2, 0.25) is 10.0 Å². The molecule has 8 nitrogen and oxygen atoms in total. The van der Waals surface area contributed by atoms with E-state index in [1.165, 1.54) is 10.4 Å². The molecule has 0 fully saturated rings. The van der Waals surface area contributed by atoms with Crippen LogP contribution in [0.25, 0.3) is 0 Å². The molecule has 0 aliphatic rings. The summed E-state index contributed by atoms with van der Waals surface area (Å²) in [6, 6.07) is 22.7. The van der Waals surface area contributed by atoms with E-state index in [2.05, 4.69) is 0 Å². The lowest BCUT2D eigenvalue weighted by Gasteiger charge is -2.23. The number of carbonyl (C=O) groups is 2. The van der Waals surface area contributed by atoms with E-state index >= 15 is 0 Å². The van der Waals surface area contributed by atoms with Gasteiger partial charge in [-0.15, -0.1) is 0 Å². The summed E-state index contributed by atoms with van der Waals surface area (Å²) in [7, 11) is -3.85. The van der Waals surface area contributed by atoms with Crippen LogP contribution in [0.4, 0.5) is 0 Å². The molecular weight excluding hydrogens is 492 g/mol. The van der Waals surface area contributed by atoms with E-state index in [1.54, 1.807) is 18.7 Å². The summed E-state index contributed by atoms with van der Waals surface area (Å²) in [4.78, 5) is 27.3. The summed E-state index contributed by atoms with van der Waals surface area (Å²) in [5.74, 6) is -1.81. The number of phenols is 1. The van der Waals surface area contributed by atoms with Crippen molar-refractivity contribution in [3.8, 4) is 5.75 Å². The third-order valence-corrected chi connectivity index (χ3v) is 7.99. The number of phenolic OH excluding ortho intramolecular Hbond substituents is 1. The van der Waals surface area contributed by atoms with E-state index in [-0.39, 0.29) is 23.5 Å². The first-order valence-electron chi connectivity index (χ1n) is 12.1. The first-order chi connectivity index (χ1) is 17.8. The summed E-state index contributed by atoms with van der Waals surface area (Å²) < 4.78 is 32.1. The smallest absolute Gasteiger partial charge is 0.342 e. The Morgan fingerprint density at radius 3 is 2.05 bits per heavy atom. The van der Waals surface area contributed by atoms with Crippen LogP contribution in [0.2, 0.25) is 0 Å². The van der Waals surface area contributed by atoms with Gasteiger partial charge >= 0.3 is 5.97 Å². The van der Waals surface area contributed by atoms with Gasteiger partial charge in [0.1, 0.15) is 11.3 Å². The highest BCUT2D eigenvalue weighted by Crippen LogP contribution is 2.24. The van der Waals surface area contributed by atoms with Gasteiger partial charge in [0.15, 0.2) is 6.61 Å². The molecule has 9 heteroatoms. The number of hydrogen-bond acceptors (Lipinski definition) is 6. The molecule has 0 spiro atoms. The molecule has 0 unspecified atom stereocenters. The van der Waals surface area contributed by atoms with E-state index < -0.39 is 34.3 Å². The third-order valence-electron chi connectivity index (χ3n) is 5.94. The number of esters is 1. The number of nitrogens with zero attached hydrogens (tertiary/aromatic N) is 2. The highest BCUT2D eigenvalue weighted by Gasteiger charge is 2.25. The van der Waals surface area contributed by atoms with Crippen LogP contribution < -0.4 is 0 Å². The number of aromatic hydroxyl groups is 1. The van der Waals surface area contributed by atoms with Gasteiger partial charge in [0.05, 0.1) is 4.90 Å². The number of carbonyl (C=O) groups excluding carboxylic acids is 2. The maximum absolute atomic E-state index is 13.1. The lowest BCUT2D eigenvalue weighted by Crippen LogP contribution is -2.36. The Labute approximate surface area is 218 Å². The van der Waals surface area contributed by atoms with E-state index in [4.69, 9.17) is 4.74 Å². The Morgan fingerprint density at radius 1 is 0.865 bits per heavy atom. The molecule has 196 valence electrons. The second-order valence-electron chi connectivity index (χ2n) is 8.38. The number of ether oxygens (including phenoxy) is 1. The van der Waals surface area contributed by atoms with Crippen LogP contribution in [0.15, 0.2) is 83.8 Å². The molecule has 0 bridgehead atoms. The fourth-order valence-corrected chi connectivity index (χ4v) is 5.34. The van der Waals surface area contributed by atoms with Crippen molar-refractivity contribution in [2.45, 2.75) is 31.7 Å². The fourth-order valence-electron chi connectivity index (χ4n) is 3.85. The molecule has 3 aromatic carbocycles. The number of hydrogen-bond donors (Lipinski definition) is 1. The Kier molecular flexibility index (Phi) is 9.82. The highest BCUT2D eigenvalue weighted by molar-refractivity contribution is 7.89. The Morgan fingerprint density at radius 2 is 1.46 bits per heavy atom. The van der Waals surface area contributed by atoms with Crippen LogP contribution >= 0.6 is 0 Å². The molecule has 3 rings (SSSR count). The molecule has 1 N–H and O–H groups in total. The Bertz CT molecular complexity index is 1290. The maximum Gasteiger partial charge on any atom is 0.342 e. The molecule has 3 aromatic rings. The van der Waals surface area contributed by atoms with Crippen molar-refractivity contribution in [1.82, 2.24) is 9.21 Å². The lowest BCUT2D eigenvalue weighted by molar-refractivity contribution is -0.135. The second kappa shape index (κ2) is 13.0. The molecule has 0 saturated carbocycles. The molecule has 1 amide bonds. The average Bonchev–Trinajstić information content (AvgIpc) is 2.91. The molecular formula is C28H32N2O6S. The van der Waals surface area contributed by atoms with Crippen LogP contribution in [0.1, 0.15) is 35.3 Å². The van der Waals surface area contributed by atoms with Gasteiger partial charge in [-0.1, -0.05) is 74.5 Å². The van der Waals surface area contributed by atoms with Crippen LogP contribution in [0, 0.1) is 0 Å². The van der Waals surface area contributed by atoms with Crippen molar-refractivity contribution in [1.29, 1.82) is 0 Å². The Hall–Kier alpha value is -3.69. The summed E-state index contributed by atoms with van der Waals surface area (Å²) in [6.45, 7) is 4.14. The largest absolute Gasteiger partial charge is 0.507 e. The van der Waals surface area contributed by atoms with Gasteiger partial charge in [-0.25, -0.2) is 13.2 Å². The minimum atomic E-state index is -3.85. The monoisotopic (exact) mass is 524 g/mol. The summed E-state index contributed by atoms with van der Waals surface area (Å²) in [5, 5.41) is 10.2. The van der Waals surface area contributed by atoms with Gasteiger partial charge in [0, 0.05) is 26.2 Å². The minimum absolute atomic E-state index is 0.138. The number of rotatable bonds is 12. The van der Waals surface area contributed by atoms with Gasteiger partial charge in [-0.05, 0) is 35.7 Å². The van der Waals surface area contributed by atoms with Crippen molar-refractivity contribution >= 4 is 21.9 Å². The predicted octanol–water partition coefficient (Wildman–Crippen LogP) is 3.85. The Balaban J connectivity index is 1.73. The van der Waals surface area contributed by atoms with E-state index in [1.807, 2.05) is 60.7 Å². The quantitative estimate of drug-likeness (QED) is 0.361. The molecule has 0 aromatic heterocycles. The number of amides is 1. The number of benzene rings is 3. The molecule has 0 atom stereocenters. The van der Waals surface area contributed by atoms with E-state index in [9.17, 15) is 23.1 Å². The van der Waals surface area contributed by atoms with Crippen molar-refractivity contribution in [3.63, 3.8) is 0 Å². The summed E-state index contributed by atoms with van der Waals surface area (Å²) in [6.07, 6.45) is 0.624. The standard InChI is InChI=1S/C28H32N2O6S/c1-3-30(4-2)37(34,35)24-15-16-26(31)25(19-24)28(33)36-21-27(32)29(20-23-13-9-6-10-14-23)18-17-22-11-7-5-8-12-22/h5-16,19,31H,3-4,17-18,20-21H2,1-2H3. The van der Waals surface area contributed by atoms with Gasteiger partial charge in [0.25, 0.3) is 5.91 Å². The number of sulfonamides is 1. The molecule has 0 aliphatic heterocycles. The topological polar surface area (TPSA) is 104 Å². The molecule has 0 heterocycles. The van der Waals surface area contributed by atoms with Crippen molar-refractivity contribution in [2.75, 3.05) is 26.2 Å². The van der Waals surface area contributed by atoms with Crippen molar-refractivity contribution < 1.29 is 27.9 Å². The summed E-state index contributed by atoms with van der Waals surface area (Å²) in [5.41, 5.74) is 1.68. The van der Waals surface area contributed by atoms with Gasteiger partial charge < -0.3 is 14.7 Å². The minimum Gasteiger partial charge on any atom is -0.507 e. The highest BCUT2D eigenvalue weighted by atomic mass is 32.2. The second-order valence-corrected chi connectivity index (χ2v) is 10.3. The molecule has 0 aliphatic carbocycles. The SMILES string of the molecule is CCN(CC)S(=O)(=O)c1ccc(O)c(C(=O)OCC(=O)N(CCc2ccccc2)Cc2ccccc2)c1.